The molecule has 0 saturated carbocycles. The van der Waals surface area contributed by atoms with Crippen molar-refractivity contribution in [1.29, 1.82) is 0 Å². The molecular weight excluding hydrogens is 298 g/mol. The summed E-state index contributed by atoms with van der Waals surface area (Å²) in [7, 11) is 0. The third-order valence-electron chi connectivity index (χ3n) is 3.74. The molecule has 1 heterocycles. The van der Waals surface area contributed by atoms with Crippen molar-refractivity contribution in [1.82, 2.24) is 9.97 Å². The van der Waals surface area contributed by atoms with E-state index < -0.39 is 4.92 Å². The van der Waals surface area contributed by atoms with Gasteiger partial charge in [0.15, 0.2) is 11.5 Å². The molecule has 4 aromatic rings. The third kappa shape index (κ3) is 1.83. The number of hydrogen-bond acceptors (Lipinski definition) is 6. The van der Waals surface area contributed by atoms with E-state index in [-0.39, 0.29) is 33.7 Å². The van der Waals surface area contributed by atoms with Gasteiger partial charge in [0, 0.05) is 22.9 Å². The van der Waals surface area contributed by atoms with Gasteiger partial charge in [-0.05, 0) is 6.07 Å². The van der Waals surface area contributed by atoms with Gasteiger partial charge in [0.05, 0.1) is 16.0 Å². The molecule has 7 heteroatoms. The van der Waals surface area contributed by atoms with Crippen molar-refractivity contribution in [3.63, 3.8) is 0 Å². The number of nitrogens with zero attached hydrogens (tertiary/aromatic N) is 3. The first-order valence-corrected chi connectivity index (χ1v) is 6.75. The van der Waals surface area contributed by atoms with E-state index >= 15 is 0 Å². The molecule has 0 aliphatic heterocycles. The van der Waals surface area contributed by atoms with Crippen molar-refractivity contribution in [2.24, 2.45) is 0 Å². The van der Waals surface area contributed by atoms with Crippen LogP contribution in [0.1, 0.15) is 0 Å². The van der Waals surface area contributed by atoms with E-state index in [1.165, 1.54) is 18.2 Å². The molecule has 0 saturated heterocycles. The topological polar surface area (TPSA) is 109 Å². The van der Waals surface area contributed by atoms with Gasteiger partial charge in [0.25, 0.3) is 5.69 Å². The van der Waals surface area contributed by atoms with Crippen LogP contribution in [0.2, 0.25) is 0 Å². The molecule has 0 radical (unpaired) electrons. The predicted molar refractivity (Wildman–Crippen MR) is 84.5 cm³/mol. The zero-order valence-electron chi connectivity index (χ0n) is 11.6. The van der Waals surface area contributed by atoms with Crippen molar-refractivity contribution >= 4 is 38.5 Å². The normalized spacial score (nSPS) is 11.3. The van der Waals surface area contributed by atoms with Crippen molar-refractivity contribution in [2.75, 3.05) is 0 Å². The Bertz CT molecular complexity index is 1120. The smallest absolute Gasteiger partial charge is 0.271 e. The molecule has 112 valence electrons. The van der Waals surface area contributed by atoms with Crippen LogP contribution in [0, 0.1) is 10.1 Å². The molecule has 2 N–H and O–H groups in total. The molecule has 0 bridgehead atoms. The highest BCUT2D eigenvalue weighted by Gasteiger charge is 2.17. The minimum atomic E-state index is -0.525. The molecule has 0 unspecified atom stereocenters. The van der Waals surface area contributed by atoms with E-state index in [4.69, 9.17) is 0 Å². The molecule has 23 heavy (non-hydrogen) atoms. The second-order valence-corrected chi connectivity index (χ2v) is 5.09. The zero-order chi connectivity index (χ0) is 16.1. The second-order valence-electron chi connectivity index (χ2n) is 5.09. The highest BCUT2D eigenvalue weighted by molar-refractivity contribution is 6.09. The number of hydrogen-bond donors (Lipinski definition) is 2. The van der Waals surface area contributed by atoms with Crippen molar-refractivity contribution < 1.29 is 15.1 Å². The summed E-state index contributed by atoms with van der Waals surface area (Å²) < 4.78 is 0. The minimum Gasteiger partial charge on any atom is -0.505 e. The largest absolute Gasteiger partial charge is 0.505 e. The van der Waals surface area contributed by atoms with E-state index in [1.807, 2.05) is 0 Å². The summed E-state index contributed by atoms with van der Waals surface area (Å²) in [6.45, 7) is 0. The van der Waals surface area contributed by atoms with Gasteiger partial charge in [-0.2, -0.15) is 0 Å². The minimum absolute atomic E-state index is 0.0823. The van der Waals surface area contributed by atoms with Gasteiger partial charge in [-0.25, -0.2) is 9.97 Å². The Labute approximate surface area is 128 Å². The van der Waals surface area contributed by atoms with Crippen LogP contribution < -0.4 is 0 Å². The number of rotatable bonds is 1. The lowest BCUT2D eigenvalue weighted by molar-refractivity contribution is -0.384. The maximum atomic E-state index is 10.9. The number of aromatic nitrogens is 2. The molecular formula is C16H9N3O4. The van der Waals surface area contributed by atoms with E-state index in [1.54, 1.807) is 24.3 Å². The average molecular weight is 307 g/mol. The van der Waals surface area contributed by atoms with Gasteiger partial charge in [0.1, 0.15) is 11.0 Å². The number of nitro benzene ring substituents is 1. The van der Waals surface area contributed by atoms with Crippen LogP contribution >= 0.6 is 0 Å². The quantitative estimate of drug-likeness (QED) is 0.242. The van der Waals surface area contributed by atoms with E-state index in [9.17, 15) is 20.3 Å². The van der Waals surface area contributed by atoms with Crippen LogP contribution in [-0.2, 0) is 0 Å². The number of phenols is 2. The maximum absolute atomic E-state index is 10.9. The van der Waals surface area contributed by atoms with Crippen molar-refractivity contribution in [3.05, 3.63) is 52.6 Å². The Morgan fingerprint density at radius 2 is 1.43 bits per heavy atom. The molecule has 0 spiro atoms. The molecule has 4 rings (SSSR count). The van der Waals surface area contributed by atoms with Crippen LogP contribution in [0.3, 0.4) is 0 Å². The molecule has 0 aliphatic carbocycles. The molecule has 0 aliphatic rings. The van der Waals surface area contributed by atoms with E-state index in [0.29, 0.717) is 16.3 Å². The van der Waals surface area contributed by atoms with Gasteiger partial charge < -0.3 is 10.2 Å². The number of non-ortho nitro benzene ring substituents is 1. The summed E-state index contributed by atoms with van der Waals surface area (Å²) in [6, 6.07) is 10.9. The van der Waals surface area contributed by atoms with E-state index in [2.05, 4.69) is 9.97 Å². The highest BCUT2D eigenvalue weighted by atomic mass is 16.6. The summed E-state index contributed by atoms with van der Waals surface area (Å²) in [5.41, 5.74) is 0.817. The molecule has 0 amide bonds. The maximum Gasteiger partial charge on any atom is 0.271 e. The zero-order valence-corrected chi connectivity index (χ0v) is 11.6. The first-order valence-electron chi connectivity index (χ1n) is 6.75. The van der Waals surface area contributed by atoms with Crippen LogP contribution in [0.4, 0.5) is 5.69 Å². The Morgan fingerprint density at radius 1 is 0.870 bits per heavy atom. The third-order valence-corrected chi connectivity index (χ3v) is 3.74. The molecule has 3 aromatic carbocycles. The van der Waals surface area contributed by atoms with Crippen LogP contribution in [0.25, 0.3) is 32.8 Å². The van der Waals surface area contributed by atoms with Crippen LogP contribution in [0.5, 0.6) is 11.5 Å². The van der Waals surface area contributed by atoms with Crippen molar-refractivity contribution in [3.8, 4) is 11.5 Å². The van der Waals surface area contributed by atoms with Crippen LogP contribution in [0.15, 0.2) is 42.5 Å². The fourth-order valence-electron chi connectivity index (χ4n) is 2.64. The lowest BCUT2D eigenvalue weighted by Crippen LogP contribution is -1.93. The van der Waals surface area contributed by atoms with Gasteiger partial charge in [-0.15, -0.1) is 0 Å². The number of aromatic hydroxyl groups is 2. The average Bonchev–Trinajstić information content (AvgIpc) is 2.58. The molecule has 0 fully saturated rings. The Morgan fingerprint density at radius 3 is 2.00 bits per heavy atom. The summed E-state index contributed by atoms with van der Waals surface area (Å²) >= 11 is 0. The lowest BCUT2D eigenvalue weighted by Gasteiger charge is -2.09. The van der Waals surface area contributed by atoms with Gasteiger partial charge in [0.2, 0.25) is 0 Å². The van der Waals surface area contributed by atoms with Gasteiger partial charge in [-0.1, -0.05) is 24.3 Å². The molecule has 0 atom stereocenters. The summed E-state index contributed by atoms with van der Waals surface area (Å²) in [6.07, 6.45) is 0. The number of benzene rings is 3. The fourth-order valence-corrected chi connectivity index (χ4v) is 2.64. The number of fused-ring (bicyclic) bond motifs is 3. The van der Waals surface area contributed by atoms with Gasteiger partial charge in [-0.3, -0.25) is 10.1 Å². The van der Waals surface area contributed by atoms with E-state index in [0.717, 1.165) is 0 Å². The summed E-state index contributed by atoms with van der Waals surface area (Å²) in [4.78, 5) is 18.9. The highest BCUT2D eigenvalue weighted by Crippen LogP contribution is 2.40. The summed E-state index contributed by atoms with van der Waals surface area (Å²) in [5, 5.41) is 32.6. The predicted octanol–water partition coefficient (Wildman–Crippen LogP) is 3.26. The molecule has 7 nitrogen and oxygen atoms in total. The Kier molecular flexibility index (Phi) is 2.59. The monoisotopic (exact) mass is 307 g/mol. The van der Waals surface area contributed by atoms with Crippen LogP contribution in [-0.4, -0.2) is 25.1 Å². The fraction of sp³-hybridized carbons (Fsp3) is 0. The lowest BCUT2D eigenvalue weighted by atomic mass is 10.1. The number of phenolic OH excluding ortho intramolecular Hbond substituents is 2. The van der Waals surface area contributed by atoms with Gasteiger partial charge >= 0.3 is 0 Å². The Hall–Kier alpha value is -3.48. The number of nitro groups is 1. The Balaban J connectivity index is 2.18. The SMILES string of the molecule is O=[N+]([O-])c1ccc2nc3c(O)c4ccccc4c(O)c3nc2c1. The standard InChI is InChI=1S/C16H9N3O4/c20-15-9-3-1-2-4-10(9)16(21)14-13(15)17-11-6-5-8(19(22)23)7-12(11)18-14/h1-7,20-21H. The summed E-state index contributed by atoms with van der Waals surface area (Å²) in [5.74, 6) is -0.199. The van der Waals surface area contributed by atoms with Crippen molar-refractivity contribution in [2.45, 2.75) is 0 Å². The molecule has 1 aromatic heterocycles. The first kappa shape index (κ1) is 13.2. The first-order chi connectivity index (χ1) is 11.1. The second kappa shape index (κ2) is 4.51.